The molecular formula is C22H18ClFN2O4. The number of esters is 1. The lowest BCUT2D eigenvalue weighted by atomic mass is 10.1. The van der Waals surface area contributed by atoms with Crippen LogP contribution in [0.25, 0.3) is 0 Å². The number of pyridine rings is 1. The minimum Gasteiger partial charge on any atom is -0.465 e. The summed E-state index contributed by atoms with van der Waals surface area (Å²) in [6, 6.07) is 13.5. The first-order valence-corrected chi connectivity index (χ1v) is 9.30. The maximum absolute atomic E-state index is 14.1. The molecule has 1 heterocycles. The number of nitrogens with zero attached hydrogens (tertiary/aromatic N) is 2. The van der Waals surface area contributed by atoms with E-state index in [1.807, 2.05) is 0 Å². The van der Waals surface area contributed by atoms with Crippen LogP contribution in [0, 0.1) is 5.82 Å². The Hall–Kier alpha value is -3.45. The number of amides is 1. The summed E-state index contributed by atoms with van der Waals surface area (Å²) in [7, 11) is 2.69. The van der Waals surface area contributed by atoms with Crippen LogP contribution in [-0.2, 0) is 11.3 Å². The number of ether oxygens (including phenoxy) is 1. The number of aromatic nitrogens is 1. The van der Waals surface area contributed by atoms with Gasteiger partial charge >= 0.3 is 5.97 Å². The van der Waals surface area contributed by atoms with Gasteiger partial charge in [-0.25, -0.2) is 9.18 Å². The number of hydrogen-bond acceptors (Lipinski definition) is 4. The summed E-state index contributed by atoms with van der Waals surface area (Å²) in [6.45, 7) is -0.131. The highest BCUT2D eigenvalue weighted by atomic mass is 35.5. The summed E-state index contributed by atoms with van der Waals surface area (Å²) in [5.74, 6) is -1.77. The van der Waals surface area contributed by atoms with Crippen molar-refractivity contribution in [3.8, 4) is 0 Å². The topological polar surface area (TPSA) is 68.6 Å². The van der Waals surface area contributed by atoms with Gasteiger partial charge < -0.3 is 14.2 Å². The fourth-order valence-electron chi connectivity index (χ4n) is 3.02. The molecule has 0 spiro atoms. The number of halogens is 2. The molecule has 0 unspecified atom stereocenters. The van der Waals surface area contributed by atoms with Gasteiger partial charge in [0.25, 0.3) is 11.5 Å². The first kappa shape index (κ1) is 21.3. The fourth-order valence-corrected chi connectivity index (χ4v) is 3.24. The zero-order chi connectivity index (χ0) is 21.8. The zero-order valence-corrected chi connectivity index (χ0v) is 17.0. The molecule has 0 N–H and O–H groups in total. The number of methoxy groups -OCH3 is 1. The van der Waals surface area contributed by atoms with E-state index in [1.165, 1.54) is 66.2 Å². The molecule has 3 aromatic rings. The van der Waals surface area contributed by atoms with Crippen LogP contribution in [-0.4, -0.2) is 30.6 Å². The van der Waals surface area contributed by atoms with Gasteiger partial charge in [0, 0.05) is 23.8 Å². The molecule has 6 nitrogen and oxygen atoms in total. The lowest BCUT2D eigenvalue weighted by molar-refractivity contribution is 0.0601. The van der Waals surface area contributed by atoms with Gasteiger partial charge in [-0.1, -0.05) is 29.8 Å². The zero-order valence-electron chi connectivity index (χ0n) is 16.3. The minimum atomic E-state index is -0.620. The van der Waals surface area contributed by atoms with Crippen molar-refractivity contribution in [3.63, 3.8) is 0 Å². The molecular weight excluding hydrogens is 411 g/mol. The number of carbonyl (C=O) groups excluding carboxylic acids is 2. The van der Waals surface area contributed by atoms with Gasteiger partial charge in [-0.05, 0) is 36.4 Å². The van der Waals surface area contributed by atoms with E-state index in [4.69, 9.17) is 16.3 Å². The smallest absolute Gasteiger partial charge is 0.339 e. The molecule has 0 saturated carbocycles. The Morgan fingerprint density at radius 2 is 1.77 bits per heavy atom. The molecule has 30 heavy (non-hydrogen) atoms. The SMILES string of the molecule is COC(=O)c1ccccc1N(C)C(=O)c1cccn(Cc2c(F)cccc2Cl)c1=O. The lowest BCUT2D eigenvalue weighted by Gasteiger charge is -2.20. The largest absolute Gasteiger partial charge is 0.465 e. The van der Waals surface area contributed by atoms with Crippen LogP contribution in [0.4, 0.5) is 10.1 Å². The first-order chi connectivity index (χ1) is 14.3. The molecule has 1 amide bonds. The molecule has 0 aliphatic heterocycles. The Morgan fingerprint density at radius 3 is 2.47 bits per heavy atom. The summed E-state index contributed by atoms with van der Waals surface area (Å²) >= 11 is 6.05. The molecule has 0 saturated heterocycles. The maximum atomic E-state index is 14.1. The molecule has 154 valence electrons. The normalized spacial score (nSPS) is 10.5. The van der Waals surface area contributed by atoms with Crippen molar-refractivity contribution in [3.05, 3.63) is 98.7 Å². The Bertz CT molecular complexity index is 1160. The van der Waals surface area contributed by atoms with Gasteiger partial charge in [0.15, 0.2) is 0 Å². The fraction of sp³-hybridized carbons (Fsp3) is 0.136. The highest BCUT2D eigenvalue weighted by Crippen LogP contribution is 2.22. The average Bonchev–Trinajstić information content (AvgIpc) is 2.76. The molecule has 0 atom stereocenters. The molecule has 8 heteroatoms. The number of anilines is 1. The minimum absolute atomic E-state index is 0.131. The van der Waals surface area contributed by atoms with Gasteiger partial charge in [0.1, 0.15) is 11.4 Å². The number of benzene rings is 2. The highest BCUT2D eigenvalue weighted by molar-refractivity contribution is 6.31. The average molecular weight is 429 g/mol. The van der Waals surface area contributed by atoms with Crippen molar-refractivity contribution in [2.75, 3.05) is 19.1 Å². The molecule has 0 fully saturated rings. The van der Waals surface area contributed by atoms with E-state index in [1.54, 1.807) is 18.2 Å². The summed E-state index contributed by atoms with van der Waals surface area (Å²) in [6.07, 6.45) is 1.45. The van der Waals surface area contributed by atoms with Crippen LogP contribution < -0.4 is 10.5 Å². The van der Waals surface area contributed by atoms with E-state index < -0.39 is 23.3 Å². The molecule has 3 rings (SSSR count). The van der Waals surface area contributed by atoms with Gasteiger partial charge in [-0.2, -0.15) is 0 Å². The summed E-state index contributed by atoms with van der Waals surface area (Å²) in [5, 5.41) is 0.183. The number of hydrogen-bond donors (Lipinski definition) is 0. The van der Waals surface area contributed by atoms with Crippen LogP contribution in [0.2, 0.25) is 5.02 Å². The Labute approximate surface area is 177 Å². The summed E-state index contributed by atoms with van der Waals surface area (Å²) < 4.78 is 20.1. The van der Waals surface area contributed by atoms with Gasteiger partial charge in [0.2, 0.25) is 0 Å². The van der Waals surface area contributed by atoms with Crippen molar-refractivity contribution in [2.45, 2.75) is 6.54 Å². The van der Waals surface area contributed by atoms with Crippen molar-refractivity contribution in [1.82, 2.24) is 4.57 Å². The lowest BCUT2D eigenvalue weighted by Crippen LogP contribution is -2.35. The van der Waals surface area contributed by atoms with Crippen LogP contribution in [0.1, 0.15) is 26.3 Å². The third-order valence-electron chi connectivity index (χ3n) is 4.62. The van der Waals surface area contributed by atoms with E-state index >= 15 is 0 Å². The van der Waals surface area contributed by atoms with E-state index in [-0.39, 0.29) is 28.3 Å². The summed E-state index contributed by atoms with van der Waals surface area (Å²) in [5.41, 5.74) is -0.113. The Balaban J connectivity index is 1.98. The Morgan fingerprint density at radius 1 is 1.07 bits per heavy atom. The monoisotopic (exact) mass is 428 g/mol. The molecule has 0 aliphatic rings. The van der Waals surface area contributed by atoms with Crippen molar-refractivity contribution >= 4 is 29.2 Å². The van der Waals surface area contributed by atoms with Gasteiger partial charge in [-0.15, -0.1) is 0 Å². The van der Waals surface area contributed by atoms with E-state index in [0.717, 1.165) is 0 Å². The van der Waals surface area contributed by atoms with E-state index in [2.05, 4.69) is 0 Å². The predicted octanol–water partition coefficient (Wildman–Crippen LogP) is 3.75. The second kappa shape index (κ2) is 8.92. The first-order valence-electron chi connectivity index (χ1n) is 8.93. The van der Waals surface area contributed by atoms with Crippen LogP contribution in [0.3, 0.4) is 0 Å². The van der Waals surface area contributed by atoms with Gasteiger partial charge in [-0.3, -0.25) is 9.59 Å². The molecule has 0 radical (unpaired) electrons. The molecule has 2 aromatic carbocycles. The summed E-state index contributed by atoms with van der Waals surface area (Å²) in [4.78, 5) is 39.1. The Kier molecular flexibility index (Phi) is 6.32. The quantitative estimate of drug-likeness (QED) is 0.580. The maximum Gasteiger partial charge on any atom is 0.339 e. The van der Waals surface area contributed by atoms with Gasteiger partial charge in [0.05, 0.1) is 24.9 Å². The van der Waals surface area contributed by atoms with Crippen LogP contribution in [0.15, 0.2) is 65.6 Å². The molecule has 0 aliphatic carbocycles. The predicted molar refractivity (Wildman–Crippen MR) is 112 cm³/mol. The van der Waals surface area contributed by atoms with E-state index in [9.17, 15) is 18.8 Å². The second-order valence-electron chi connectivity index (χ2n) is 6.43. The second-order valence-corrected chi connectivity index (χ2v) is 6.84. The van der Waals surface area contributed by atoms with Crippen LogP contribution in [0.5, 0.6) is 0 Å². The van der Waals surface area contributed by atoms with Crippen molar-refractivity contribution < 1.29 is 18.7 Å². The molecule has 0 bridgehead atoms. The third-order valence-corrected chi connectivity index (χ3v) is 4.97. The molecule has 1 aromatic heterocycles. The number of rotatable bonds is 5. The highest BCUT2D eigenvalue weighted by Gasteiger charge is 2.22. The van der Waals surface area contributed by atoms with E-state index in [0.29, 0.717) is 5.69 Å². The van der Waals surface area contributed by atoms with Crippen LogP contribution >= 0.6 is 11.6 Å². The van der Waals surface area contributed by atoms with Crippen molar-refractivity contribution in [2.24, 2.45) is 0 Å². The standard InChI is InChI=1S/C22H18ClFN2O4/c1-25(19-11-4-3-7-14(19)22(29)30-2)20(27)15-8-6-12-26(21(15)28)13-16-17(23)9-5-10-18(16)24/h3-12H,13H2,1-2H3. The third kappa shape index (κ3) is 4.11. The number of carbonyl (C=O) groups is 2. The number of para-hydroxylation sites is 1. The van der Waals surface area contributed by atoms with Crippen molar-refractivity contribution in [1.29, 1.82) is 0 Å².